The zero-order chi connectivity index (χ0) is 13.0. The molecule has 1 atom stereocenters. The smallest absolute Gasteiger partial charge is 0.224 e. The Morgan fingerprint density at radius 3 is 3.06 bits per heavy atom. The number of benzene rings is 1. The second-order valence-corrected chi connectivity index (χ2v) is 4.88. The fraction of sp³-hybridized carbons (Fsp3) is 0.250. The van der Waals surface area contributed by atoms with Crippen LogP contribution in [0.3, 0.4) is 0 Å². The van der Waals surface area contributed by atoms with Gasteiger partial charge in [-0.05, 0) is 24.6 Å². The van der Waals surface area contributed by atoms with E-state index in [-0.39, 0.29) is 11.9 Å². The normalized spacial score (nSPS) is 12.1. The second kappa shape index (κ2) is 5.77. The lowest BCUT2D eigenvalue weighted by molar-refractivity contribution is -0.121. The number of aromatic nitrogens is 3. The van der Waals surface area contributed by atoms with E-state index in [9.17, 15) is 4.79 Å². The van der Waals surface area contributed by atoms with E-state index in [1.54, 1.807) is 0 Å². The molecule has 2 aromatic rings. The van der Waals surface area contributed by atoms with E-state index >= 15 is 0 Å². The van der Waals surface area contributed by atoms with Crippen LogP contribution in [0.25, 0.3) is 0 Å². The number of aromatic amines is 1. The van der Waals surface area contributed by atoms with Gasteiger partial charge in [-0.3, -0.25) is 9.89 Å². The maximum Gasteiger partial charge on any atom is 0.224 e. The molecule has 6 heteroatoms. The van der Waals surface area contributed by atoms with Crippen LogP contribution in [0.15, 0.2) is 35.1 Å². The highest BCUT2D eigenvalue weighted by Gasteiger charge is 2.12. The molecule has 1 amide bonds. The van der Waals surface area contributed by atoms with Crippen LogP contribution in [-0.4, -0.2) is 21.1 Å². The highest BCUT2D eigenvalue weighted by Crippen LogP contribution is 2.12. The number of nitrogens with one attached hydrogen (secondary N) is 2. The molecule has 0 aliphatic carbocycles. The predicted molar refractivity (Wildman–Crippen MR) is 70.8 cm³/mol. The third kappa shape index (κ3) is 3.40. The van der Waals surface area contributed by atoms with Crippen molar-refractivity contribution in [2.24, 2.45) is 0 Å². The molecule has 0 spiro atoms. The molecule has 0 saturated carbocycles. The Bertz CT molecular complexity index is 527. The first-order valence-corrected chi connectivity index (χ1v) is 6.33. The molecule has 2 N–H and O–H groups in total. The largest absolute Gasteiger partial charge is 0.346 e. The standard InChI is InChI=1S/C12H13BrN4O/c1-8(12-14-7-15-17-12)16-11(18)6-9-3-2-4-10(13)5-9/h2-5,7-8H,6H2,1H3,(H,16,18)(H,14,15,17). The summed E-state index contributed by atoms with van der Waals surface area (Å²) >= 11 is 3.38. The molecule has 18 heavy (non-hydrogen) atoms. The first-order valence-electron chi connectivity index (χ1n) is 5.54. The fourth-order valence-electron chi connectivity index (χ4n) is 1.62. The zero-order valence-electron chi connectivity index (χ0n) is 9.85. The molecule has 5 nitrogen and oxygen atoms in total. The fourth-order valence-corrected chi connectivity index (χ4v) is 2.06. The second-order valence-electron chi connectivity index (χ2n) is 3.97. The monoisotopic (exact) mass is 308 g/mol. The van der Waals surface area contributed by atoms with Crippen molar-refractivity contribution in [1.82, 2.24) is 20.5 Å². The molecule has 2 rings (SSSR count). The maximum absolute atomic E-state index is 11.8. The van der Waals surface area contributed by atoms with E-state index < -0.39 is 0 Å². The highest BCUT2D eigenvalue weighted by atomic mass is 79.9. The van der Waals surface area contributed by atoms with Crippen molar-refractivity contribution in [2.75, 3.05) is 0 Å². The Hall–Kier alpha value is -1.69. The lowest BCUT2D eigenvalue weighted by Crippen LogP contribution is -2.28. The highest BCUT2D eigenvalue weighted by molar-refractivity contribution is 9.10. The van der Waals surface area contributed by atoms with Gasteiger partial charge in [-0.2, -0.15) is 5.10 Å². The van der Waals surface area contributed by atoms with Gasteiger partial charge in [0.2, 0.25) is 5.91 Å². The van der Waals surface area contributed by atoms with Crippen LogP contribution in [-0.2, 0) is 11.2 Å². The van der Waals surface area contributed by atoms with Crippen molar-refractivity contribution >= 4 is 21.8 Å². The van der Waals surface area contributed by atoms with Crippen LogP contribution >= 0.6 is 15.9 Å². The summed E-state index contributed by atoms with van der Waals surface area (Å²) in [7, 11) is 0. The van der Waals surface area contributed by atoms with Gasteiger partial charge >= 0.3 is 0 Å². The van der Waals surface area contributed by atoms with Crippen LogP contribution in [0, 0.1) is 0 Å². The number of hydrogen-bond donors (Lipinski definition) is 2. The summed E-state index contributed by atoms with van der Waals surface area (Å²) in [5.74, 6) is 0.606. The lowest BCUT2D eigenvalue weighted by atomic mass is 10.1. The topological polar surface area (TPSA) is 70.7 Å². The average molecular weight is 309 g/mol. The van der Waals surface area contributed by atoms with Crippen LogP contribution in [0.4, 0.5) is 0 Å². The van der Waals surface area contributed by atoms with Crippen molar-refractivity contribution in [3.63, 3.8) is 0 Å². The Morgan fingerprint density at radius 2 is 2.39 bits per heavy atom. The van der Waals surface area contributed by atoms with Crippen LogP contribution in [0.2, 0.25) is 0 Å². The Labute approximate surface area is 113 Å². The molecule has 94 valence electrons. The van der Waals surface area contributed by atoms with E-state index in [2.05, 4.69) is 36.4 Å². The number of halogens is 1. The van der Waals surface area contributed by atoms with Gasteiger partial charge in [0.05, 0.1) is 12.5 Å². The summed E-state index contributed by atoms with van der Waals surface area (Å²) in [6.45, 7) is 1.86. The van der Waals surface area contributed by atoms with E-state index in [0.29, 0.717) is 12.2 Å². The number of H-pyrrole nitrogens is 1. The first kappa shape index (κ1) is 12.8. The lowest BCUT2D eigenvalue weighted by Gasteiger charge is -2.11. The molecule has 0 bridgehead atoms. The number of carbonyl (C=O) groups excluding carboxylic acids is 1. The van der Waals surface area contributed by atoms with Gasteiger partial charge in [-0.1, -0.05) is 28.1 Å². The summed E-state index contributed by atoms with van der Waals surface area (Å²) in [5, 5.41) is 9.35. The van der Waals surface area contributed by atoms with Crippen molar-refractivity contribution in [3.05, 3.63) is 46.5 Å². The molecule has 1 heterocycles. The summed E-state index contributed by atoms with van der Waals surface area (Å²) < 4.78 is 0.969. The van der Waals surface area contributed by atoms with Crippen molar-refractivity contribution in [1.29, 1.82) is 0 Å². The summed E-state index contributed by atoms with van der Waals surface area (Å²) in [5.41, 5.74) is 0.964. The molecular weight excluding hydrogens is 296 g/mol. The van der Waals surface area contributed by atoms with Gasteiger partial charge in [0.15, 0.2) is 0 Å². The maximum atomic E-state index is 11.8. The van der Waals surface area contributed by atoms with E-state index in [4.69, 9.17) is 0 Å². The third-order valence-electron chi connectivity index (χ3n) is 2.48. The summed E-state index contributed by atoms with van der Waals surface area (Å²) in [6.07, 6.45) is 1.77. The van der Waals surface area contributed by atoms with Crippen molar-refractivity contribution < 1.29 is 4.79 Å². The Kier molecular flexibility index (Phi) is 4.09. The SMILES string of the molecule is CC(NC(=O)Cc1cccc(Br)c1)c1ncn[nH]1. The van der Waals surface area contributed by atoms with Crippen LogP contribution in [0.5, 0.6) is 0 Å². The first-order chi connectivity index (χ1) is 8.65. The minimum Gasteiger partial charge on any atom is -0.346 e. The number of nitrogens with zero attached hydrogens (tertiary/aromatic N) is 2. The Morgan fingerprint density at radius 1 is 1.56 bits per heavy atom. The number of carbonyl (C=O) groups is 1. The summed E-state index contributed by atoms with van der Waals surface area (Å²) in [4.78, 5) is 15.8. The van der Waals surface area contributed by atoms with Gasteiger partial charge in [0, 0.05) is 4.47 Å². The van der Waals surface area contributed by atoms with E-state index in [1.165, 1.54) is 6.33 Å². The number of hydrogen-bond acceptors (Lipinski definition) is 3. The number of rotatable bonds is 4. The van der Waals surface area contributed by atoms with Crippen LogP contribution in [0.1, 0.15) is 24.4 Å². The molecule has 1 aromatic carbocycles. The predicted octanol–water partition coefficient (Wildman–Crippen LogP) is 1.99. The van der Waals surface area contributed by atoms with E-state index in [0.717, 1.165) is 10.0 Å². The van der Waals surface area contributed by atoms with Gasteiger partial charge in [0.1, 0.15) is 12.2 Å². The Balaban J connectivity index is 1.93. The number of amides is 1. The van der Waals surface area contributed by atoms with Gasteiger partial charge in [-0.25, -0.2) is 4.98 Å². The molecule has 0 aliphatic heterocycles. The molecule has 1 aromatic heterocycles. The van der Waals surface area contributed by atoms with Gasteiger partial charge in [0.25, 0.3) is 0 Å². The summed E-state index contributed by atoms with van der Waals surface area (Å²) in [6, 6.07) is 7.51. The van der Waals surface area contributed by atoms with Gasteiger partial charge in [-0.15, -0.1) is 0 Å². The average Bonchev–Trinajstić information content (AvgIpc) is 2.81. The molecule has 0 fully saturated rings. The molecule has 0 saturated heterocycles. The van der Waals surface area contributed by atoms with Crippen LogP contribution < -0.4 is 5.32 Å². The van der Waals surface area contributed by atoms with Crippen molar-refractivity contribution in [3.8, 4) is 0 Å². The van der Waals surface area contributed by atoms with E-state index in [1.807, 2.05) is 31.2 Å². The van der Waals surface area contributed by atoms with Crippen molar-refractivity contribution in [2.45, 2.75) is 19.4 Å². The third-order valence-corrected chi connectivity index (χ3v) is 2.97. The molecular formula is C12H13BrN4O. The molecule has 0 radical (unpaired) electrons. The minimum atomic E-state index is -0.174. The van der Waals surface area contributed by atoms with Gasteiger partial charge < -0.3 is 5.32 Å². The quantitative estimate of drug-likeness (QED) is 0.907. The zero-order valence-corrected chi connectivity index (χ0v) is 11.4. The minimum absolute atomic E-state index is 0.0444. The molecule has 0 aliphatic rings. The molecule has 1 unspecified atom stereocenters.